The van der Waals surface area contributed by atoms with E-state index in [4.69, 9.17) is 14.8 Å². The molecular formula is C22H30F3N4O3P. The molecule has 1 atom stereocenters. The topological polar surface area (TPSA) is 88.9 Å². The van der Waals surface area contributed by atoms with E-state index in [1.54, 1.807) is 18.7 Å². The predicted octanol–water partition coefficient (Wildman–Crippen LogP) is 5.07. The normalized spacial score (nSPS) is 17.2. The number of anilines is 3. The van der Waals surface area contributed by atoms with E-state index in [0.29, 0.717) is 19.6 Å². The number of hydrogen-bond acceptors (Lipinski definition) is 7. The van der Waals surface area contributed by atoms with Crippen molar-refractivity contribution in [3.63, 3.8) is 0 Å². The minimum atomic E-state index is -4.60. The third-order valence-electron chi connectivity index (χ3n) is 5.33. The minimum absolute atomic E-state index is 0.0113. The molecule has 1 aliphatic heterocycles. The summed E-state index contributed by atoms with van der Waals surface area (Å²) in [6.07, 6.45) is -4.81. The second-order valence-electron chi connectivity index (χ2n) is 7.56. The van der Waals surface area contributed by atoms with Crippen molar-refractivity contribution in [1.82, 2.24) is 5.32 Å². The molecule has 1 unspecified atom stereocenters. The van der Waals surface area contributed by atoms with Crippen LogP contribution < -0.4 is 21.3 Å². The maximum absolute atomic E-state index is 14.0. The first kappa shape index (κ1) is 25.4. The van der Waals surface area contributed by atoms with Crippen molar-refractivity contribution < 1.29 is 26.8 Å². The maximum Gasteiger partial charge on any atom is 0.418 e. The van der Waals surface area contributed by atoms with Crippen LogP contribution in [0, 0.1) is 0 Å². The van der Waals surface area contributed by atoms with Gasteiger partial charge in [0.2, 0.25) is 0 Å². The monoisotopic (exact) mass is 486 g/mol. The Morgan fingerprint density at radius 3 is 2.45 bits per heavy atom. The highest BCUT2D eigenvalue weighted by Gasteiger charge is 2.38. The Hall–Kier alpha value is -2.26. The van der Waals surface area contributed by atoms with Gasteiger partial charge in [-0.05, 0) is 31.5 Å². The van der Waals surface area contributed by atoms with E-state index in [-0.39, 0.29) is 42.6 Å². The van der Waals surface area contributed by atoms with E-state index in [1.165, 1.54) is 6.07 Å². The number of hydrogen-bond donors (Lipinski definition) is 3. The third kappa shape index (κ3) is 6.20. The second-order valence-corrected chi connectivity index (χ2v) is 9.61. The van der Waals surface area contributed by atoms with E-state index in [2.05, 4.69) is 10.6 Å². The first-order valence-electron chi connectivity index (χ1n) is 10.8. The first-order chi connectivity index (χ1) is 15.7. The van der Waals surface area contributed by atoms with Crippen molar-refractivity contribution in [3.05, 3.63) is 53.6 Å². The van der Waals surface area contributed by atoms with Crippen molar-refractivity contribution in [1.29, 1.82) is 0 Å². The fourth-order valence-electron chi connectivity index (χ4n) is 3.89. The predicted molar refractivity (Wildman–Crippen MR) is 125 cm³/mol. The van der Waals surface area contributed by atoms with Gasteiger partial charge in [0.05, 0.1) is 41.9 Å². The molecule has 0 aliphatic carbocycles. The zero-order valence-electron chi connectivity index (χ0n) is 18.7. The molecule has 0 saturated carbocycles. The molecule has 1 saturated heterocycles. The summed E-state index contributed by atoms with van der Waals surface area (Å²) in [6, 6.07) is 11.4. The standard InChI is InChI=1S/C22H30F3N4O3P/c1-3-31-33(30,32-4-2)15-28-19-13-20(17(12-18(19)26)22(23,24)25)29-11-10-27-14-21(29)16-8-6-5-7-9-16/h5-9,12-13,21,27-28H,3-4,10-11,14-15,26H2,1-2H3. The quantitative estimate of drug-likeness (QED) is 0.337. The minimum Gasteiger partial charge on any atom is -0.397 e. The molecular weight excluding hydrogens is 456 g/mol. The zero-order valence-corrected chi connectivity index (χ0v) is 19.6. The number of benzene rings is 2. The Morgan fingerprint density at radius 2 is 1.85 bits per heavy atom. The number of nitrogens with zero attached hydrogens (tertiary/aromatic N) is 1. The third-order valence-corrected chi connectivity index (χ3v) is 7.17. The molecule has 1 heterocycles. The van der Waals surface area contributed by atoms with Crippen molar-refractivity contribution in [2.24, 2.45) is 0 Å². The molecule has 33 heavy (non-hydrogen) atoms. The Kier molecular flexibility index (Phi) is 8.28. The zero-order chi connectivity index (χ0) is 24.1. The van der Waals surface area contributed by atoms with Gasteiger partial charge in [0.25, 0.3) is 0 Å². The summed E-state index contributed by atoms with van der Waals surface area (Å²) in [5, 5.41) is 6.15. The van der Waals surface area contributed by atoms with Crippen molar-refractivity contribution in [2.75, 3.05) is 55.1 Å². The number of nitrogens with two attached hydrogens (primary N) is 1. The number of nitrogen functional groups attached to an aromatic ring is 1. The molecule has 0 aromatic heterocycles. The summed E-state index contributed by atoms with van der Waals surface area (Å²) in [4.78, 5) is 1.74. The lowest BCUT2D eigenvalue weighted by Gasteiger charge is -2.40. The summed E-state index contributed by atoms with van der Waals surface area (Å²) in [6.45, 7) is 5.13. The second kappa shape index (κ2) is 10.8. The Bertz CT molecular complexity index is 965. The number of halogens is 3. The molecule has 1 fully saturated rings. The SMILES string of the molecule is CCOP(=O)(CNc1cc(N2CCNCC2c2ccccc2)c(C(F)(F)F)cc1N)OCC. The fraction of sp³-hybridized carbons (Fsp3) is 0.455. The molecule has 0 bridgehead atoms. The Balaban J connectivity index is 2.01. The van der Waals surface area contributed by atoms with Gasteiger partial charge in [-0.3, -0.25) is 4.57 Å². The molecule has 0 spiro atoms. The highest BCUT2D eigenvalue weighted by Crippen LogP contribution is 2.49. The summed E-state index contributed by atoms with van der Waals surface area (Å²) < 4.78 is 65.4. The van der Waals surface area contributed by atoms with Crippen LogP contribution in [0.25, 0.3) is 0 Å². The van der Waals surface area contributed by atoms with Crippen LogP contribution in [0.3, 0.4) is 0 Å². The van der Waals surface area contributed by atoms with Crippen LogP contribution in [-0.4, -0.2) is 39.1 Å². The van der Waals surface area contributed by atoms with Gasteiger partial charge in [0.15, 0.2) is 0 Å². The molecule has 2 aromatic carbocycles. The molecule has 11 heteroatoms. The van der Waals surface area contributed by atoms with Gasteiger partial charge in [0.1, 0.15) is 6.29 Å². The smallest absolute Gasteiger partial charge is 0.397 e. The lowest BCUT2D eigenvalue weighted by molar-refractivity contribution is -0.137. The first-order valence-corrected chi connectivity index (χ1v) is 12.6. The average molecular weight is 486 g/mol. The van der Waals surface area contributed by atoms with E-state index >= 15 is 0 Å². The number of piperazine rings is 1. The molecule has 4 N–H and O–H groups in total. The Labute approximate surface area is 192 Å². The average Bonchev–Trinajstić information content (AvgIpc) is 2.78. The molecule has 1 aliphatic rings. The molecule has 3 rings (SSSR count). The number of rotatable bonds is 9. The molecule has 182 valence electrons. The van der Waals surface area contributed by atoms with Crippen LogP contribution in [0.15, 0.2) is 42.5 Å². The van der Waals surface area contributed by atoms with Gasteiger partial charge >= 0.3 is 13.8 Å². The lowest BCUT2D eigenvalue weighted by Crippen LogP contribution is -2.46. The highest BCUT2D eigenvalue weighted by molar-refractivity contribution is 7.53. The summed E-state index contributed by atoms with van der Waals surface area (Å²) in [7, 11) is -3.47. The number of nitrogens with one attached hydrogen (secondary N) is 2. The summed E-state index contributed by atoms with van der Waals surface area (Å²) in [5.41, 5.74) is 6.22. The summed E-state index contributed by atoms with van der Waals surface area (Å²) in [5.74, 6) is 0. The molecule has 0 amide bonds. The van der Waals surface area contributed by atoms with Gasteiger partial charge in [-0.25, -0.2) is 0 Å². The van der Waals surface area contributed by atoms with E-state index in [1.807, 2.05) is 30.3 Å². The van der Waals surface area contributed by atoms with E-state index in [9.17, 15) is 17.7 Å². The largest absolute Gasteiger partial charge is 0.418 e. The van der Waals surface area contributed by atoms with Crippen LogP contribution in [0.5, 0.6) is 0 Å². The van der Waals surface area contributed by atoms with Gasteiger partial charge in [-0.1, -0.05) is 30.3 Å². The lowest BCUT2D eigenvalue weighted by atomic mass is 10.00. The molecule has 7 nitrogen and oxygen atoms in total. The van der Waals surface area contributed by atoms with Crippen LogP contribution in [0.2, 0.25) is 0 Å². The van der Waals surface area contributed by atoms with Crippen molar-refractivity contribution in [3.8, 4) is 0 Å². The van der Waals surface area contributed by atoms with Gasteiger partial charge in [-0.15, -0.1) is 0 Å². The van der Waals surface area contributed by atoms with Crippen molar-refractivity contribution in [2.45, 2.75) is 26.1 Å². The van der Waals surface area contributed by atoms with Crippen LogP contribution >= 0.6 is 7.60 Å². The molecule has 2 aromatic rings. The Morgan fingerprint density at radius 1 is 1.18 bits per heavy atom. The van der Waals surface area contributed by atoms with Crippen LogP contribution in [0.1, 0.15) is 31.0 Å². The van der Waals surface area contributed by atoms with Gasteiger partial charge < -0.3 is 30.3 Å². The van der Waals surface area contributed by atoms with E-state index in [0.717, 1.165) is 11.6 Å². The van der Waals surface area contributed by atoms with E-state index < -0.39 is 19.3 Å². The van der Waals surface area contributed by atoms with Gasteiger partial charge in [-0.2, -0.15) is 13.2 Å². The summed E-state index contributed by atoms with van der Waals surface area (Å²) >= 11 is 0. The highest BCUT2D eigenvalue weighted by atomic mass is 31.2. The fourth-order valence-corrected chi connectivity index (χ4v) is 5.30. The van der Waals surface area contributed by atoms with Crippen molar-refractivity contribution >= 4 is 24.7 Å². The van der Waals surface area contributed by atoms with Crippen LogP contribution in [-0.2, 0) is 19.8 Å². The molecule has 0 radical (unpaired) electrons. The van der Waals surface area contributed by atoms with Crippen LogP contribution in [0.4, 0.5) is 30.2 Å². The number of alkyl halides is 3. The maximum atomic E-state index is 14.0. The van der Waals surface area contributed by atoms with Gasteiger partial charge in [0, 0.05) is 19.6 Å².